The predicted octanol–water partition coefficient (Wildman–Crippen LogP) is 3.92. The quantitative estimate of drug-likeness (QED) is 0.769. The number of benzene rings is 1. The molecule has 0 saturated heterocycles. The van der Waals surface area contributed by atoms with E-state index >= 15 is 0 Å². The molecule has 0 aliphatic heterocycles. The standard InChI is InChI=1S/C16H18BrN5/c1-9-6-5-7-12(10(9)2)11(3)20-15-13-14(17)21-22(4)16(13)19-8-18-15/h5-8,11H,1-4H3,(H,18,19,20). The summed E-state index contributed by atoms with van der Waals surface area (Å²) in [4.78, 5) is 8.69. The van der Waals surface area contributed by atoms with Gasteiger partial charge in [0.2, 0.25) is 0 Å². The van der Waals surface area contributed by atoms with E-state index in [-0.39, 0.29) is 6.04 Å². The fourth-order valence-corrected chi connectivity index (χ4v) is 3.28. The summed E-state index contributed by atoms with van der Waals surface area (Å²) in [6.45, 7) is 6.42. The summed E-state index contributed by atoms with van der Waals surface area (Å²) in [5, 5.41) is 8.75. The molecule has 5 nitrogen and oxygen atoms in total. The minimum absolute atomic E-state index is 0.144. The second-order valence-corrected chi connectivity index (χ2v) is 6.24. The molecule has 6 heteroatoms. The number of nitrogens with one attached hydrogen (secondary N) is 1. The molecule has 2 heterocycles. The van der Waals surface area contributed by atoms with Crippen molar-refractivity contribution in [2.45, 2.75) is 26.8 Å². The van der Waals surface area contributed by atoms with Crippen molar-refractivity contribution in [2.24, 2.45) is 7.05 Å². The van der Waals surface area contributed by atoms with E-state index in [2.05, 4.69) is 75.3 Å². The van der Waals surface area contributed by atoms with Gasteiger partial charge in [-0.25, -0.2) is 14.6 Å². The second-order valence-electron chi connectivity index (χ2n) is 5.49. The number of halogens is 1. The first-order valence-corrected chi connectivity index (χ1v) is 7.94. The van der Waals surface area contributed by atoms with Crippen LogP contribution in [-0.2, 0) is 7.05 Å². The molecule has 0 fully saturated rings. The number of aromatic nitrogens is 4. The molecule has 1 aromatic carbocycles. The molecule has 0 aliphatic rings. The number of anilines is 1. The van der Waals surface area contributed by atoms with Crippen molar-refractivity contribution in [1.29, 1.82) is 0 Å². The van der Waals surface area contributed by atoms with Crippen LogP contribution in [0.15, 0.2) is 29.1 Å². The molecular formula is C16H18BrN5. The van der Waals surface area contributed by atoms with Crippen molar-refractivity contribution < 1.29 is 0 Å². The fourth-order valence-electron chi connectivity index (χ4n) is 2.68. The van der Waals surface area contributed by atoms with E-state index in [1.54, 1.807) is 11.0 Å². The number of rotatable bonds is 3. The van der Waals surface area contributed by atoms with Gasteiger partial charge < -0.3 is 5.32 Å². The van der Waals surface area contributed by atoms with Crippen molar-refractivity contribution >= 4 is 32.8 Å². The van der Waals surface area contributed by atoms with Gasteiger partial charge in [-0.15, -0.1) is 0 Å². The topological polar surface area (TPSA) is 55.6 Å². The molecular weight excluding hydrogens is 342 g/mol. The van der Waals surface area contributed by atoms with Gasteiger partial charge in [0.25, 0.3) is 0 Å². The Labute approximate surface area is 137 Å². The van der Waals surface area contributed by atoms with Crippen LogP contribution in [0.25, 0.3) is 11.0 Å². The number of aryl methyl sites for hydroxylation is 2. The molecule has 0 amide bonds. The third-order valence-corrected chi connectivity index (χ3v) is 4.60. The zero-order valence-electron chi connectivity index (χ0n) is 13.1. The van der Waals surface area contributed by atoms with E-state index in [0.717, 1.165) is 21.5 Å². The molecule has 22 heavy (non-hydrogen) atoms. The van der Waals surface area contributed by atoms with Crippen molar-refractivity contribution in [3.8, 4) is 0 Å². The number of fused-ring (bicyclic) bond motifs is 1. The van der Waals surface area contributed by atoms with Gasteiger partial charge in [0, 0.05) is 7.05 Å². The first-order valence-electron chi connectivity index (χ1n) is 7.15. The fraction of sp³-hybridized carbons (Fsp3) is 0.312. The molecule has 2 aromatic heterocycles. The van der Waals surface area contributed by atoms with Crippen LogP contribution in [0, 0.1) is 13.8 Å². The maximum atomic E-state index is 4.39. The van der Waals surface area contributed by atoms with E-state index in [9.17, 15) is 0 Å². The third-order valence-electron chi connectivity index (χ3n) is 4.04. The normalized spacial score (nSPS) is 12.6. The molecule has 1 atom stereocenters. The summed E-state index contributed by atoms with van der Waals surface area (Å²) in [6.07, 6.45) is 1.56. The van der Waals surface area contributed by atoms with Crippen molar-refractivity contribution in [3.05, 3.63) is 45.8 Å². The minimum atomic E-state index is 0.144. The lowest BCUT2D eigenvalue weighted by atomic mass is 9.98. The zero-order chi connectivity index (χ0) is 15.9. The van der Waals surface area contributed by atoms with E-state index < -0.39 is 0 Å². The summed E-state index contributed by atoms with van der Waals surface area (Å²) in [6, 6.07) is 6.51. The van der Waals surface area contributed by atoms with Crippen LogP contribution in [0.3, 0.4) is 0 Å². The largest absolute Gasteiger partial charge is 0.363 e. The molecule has 3 aromatic rings. The number of nitrogens with zero attached hydrogens (tertiary/aromatic N) is 4. The maximum Gasteiger partial charge on any atom is 0.164 e. The van der Waals surface area contributed by atoms with Gasteiger partial charge in [-0.1, -0.05) is 18.2 Å². The van der Waals surface area contributed by atoms with Crippen LogP contribution in [0.5, 0.6) is 0 Å². The van der Waals surface area contributed by atoms with Gasteiger partial charge in [-0.05, 0) is 53.4 Å². The van der Waals surface area contributed by atoms with E-state index in [4.69, 9.17) is 0 Å². The minimum Gasteiger partial charge on any atom is -0.363 e. The Morgan fingerprint density at radius 1 is 1.23 bits per heavy atom. The Hall–Kier alpha value is -1.95. The molecule has 0 radical (unpaired) electrons. The third kappa shape index (κ3) is 2.47. The van der Waals surface area contributed by atoms with E-state index in [1.807, 2.05) is 7.05 Å². The highest BCUT2D eigenvalue weighted by Crippen LogP contribution is 2.30. The maximum absolute atomic E-state index is 4.39. The lowest BCUT2D eigenvalue weighted by molar-refractivity contribution is 0.777. The summed E-state index contributed by atoms with van der Waals surface area (Å²) in [7, 11) is 1.87. The monoisotopic (exact) mass is 359 g/mol. The summed E-state index contributed by atoms with van der Waals surface area (Å²) >= 11 is 3.49. The van der Waals surface area contributed by atoms with Crippen molar-refractivity contribution in [3.63, 3.8) is 0 Å². The molecule has 1 unspecified atom stereocenters. The molecule has 114 valence electrons. The Morgan fingerprint density at radius 2 is 2.00 bits per heavy atom. The molecule has 3 rings (SSSR count). The predicted molar refractivity (Wildman–Crippen MR) is 92.0 cm³/mol. The van der Waals surface area contributed by atoms with Gasteiger partial charge in [0.05, 0.1) is 11.4 Å². The zero-order valence-corrected chi connectivity index (χ0v) is 14.6. The summed E-state index contributed by atoms with van der Waals surface area (Å²) in [5.74, 6) is 0.790. The molecule has 0 saturated carbocycles. The van der Waals surface area contributed by atoms with Gasteiger partial charge in [0.15, 0.2) is 5.65 Å². The highest BCUT2D eigenvalue weighted by atomic mass is 79.9. The van der Waals surface area contributed by atoms with Gasteiger partial charge in [-0.3, -0.25) is 0 Å². The number of hydrogen-bond donors (Lipinski definition) is 1. The Bertz CT molecular complexity index is 840. The molecule has 0 aliphatic carbocycles. The average Bonchev–Trinajstić information content (AvgIpc) is 2.78. The number of hydrogen-bond acceptors (Lipinski definition) is 4. The van der Waals surface area contributed by atoms with E-state index in [0.29, 0.717) is 0 Å². The average molecular weight is 360 g/mol. The molecule has 0 bridgehead atoms. The van der Waals surface area contributed by atoms with Crippen LogP contribution in [0.4, 0.5) is 5.82 Å². The van der Waals surface area contributed by atoms with Crippen LogP contribution in [0.1, 0.15) is 29.7 Å². The summed E-state index contributed by atoms with van der Waals surface area (Å²) in [5.41, 5.74) is 4.67. The van der Waals surface area contributed by atoms with Crippen molar-refractivity contribution in [1.82, 2.24) is 19.7 Å². The smallest absolute Gasteiger partial charge is 0.164 e. The van der Waals surface area contributed by atoms with Crippen LogP contribution in [-0.4, -0.2) is 19.7 Å². The SMILES string of the molecule is Cc1cccc(C(C)Nc2ncnc3c2c(Br)nn3C)c1C. The second kappa shape index (κ2) is 5.68. The van der Waals surface area contributed by atoms with E-state index in [1.165, 1.54) is 16.7 Å². The highest BCUT2D eigenvalue weighted by molar-refractivity contribution is 9.10. The Kier molecular flexibility index (Phi) is 3.87. The van der Waals surface area contributed by atoms with Gasteiger partial charge in [0.1, 0.15) is 16.7 Å². The lowest BCUT2D eigenvalue weighted by Crippen LogP contribution is -2.10. The van der Waals surface area contributed by atoms with Gasteiger partial charge in [-0.2, -0.15) is 5.10 Å². The van der Waals surface area contributed by atoms with Crippen LogP contribution in [0.2, 0.25) is 0 Å². The van der Waals surface area contributed by atoms with Crippen LogP contribution < -0.4 is 5.32 Å². The first kappa shape index (κ1) is 15.0. The highest BCUT2D eigenvalue weighted by Gasteiger charge is 2.16. The lowest BCUT2D eigenvalue weighted by Gasteiger charge is -2.18. The molecule has 1 N–H and O–H groups in total. The van der Waals surface area contributed by atoms with Crippen LogP contribution >= 0.6 is 15.9 Å². The Balaban J connectivity index is 2.01. The first-order chi connectivity index (χ1) is 10.5. The Morgan fingerprint density at radius 3 is 2.77 bits per heavy atom. The summed E-state index contributed by atoms with van der Waals surface area (Å²) < 4.78 is 2.50. The van der Waals surface area contributed by atoms with Crippen molar-refractivity contribution in [2.75, 3.05) is 5.32 Å². The molecule has 0 spiro atoms. The van der Waals surface area contributed by atoms with Gasteiger partial charge >= 0.3 is 0 Å².